The van der Waals surface area contributed by atoms with Gasteiger partial charge in [0.2, 0.25) is 0 Å². The van der Waals surface area contributed by atoms with E-state index in [4.69, 9.17) is 17.3 Å². The van der Waals surface area contributed by atoms with E-state index < -0.39 is 16.0 Å². The van der Waals surface area contributed by atoms with E-state index in [2.05, 4.69) is 5.32 Å². The number of hydrogen-bond acceptors (Lipinski definition) is 4. The van der Waals surface area contributed by atoms with Gasteiger partial charge in [-0.15, -0.1) is 0 Å². The van der Waals surface area contributed by atoms with Crippen LogP contribution >= 0.6 is 11.6 Å². The van der Waals surface area contributed by atoms with E-state index in [1.807, 2.05) is 0 Å². The zero-order chi connectivity index (χ0) is 18.2. The Morgan fingerprint density at radius 3 is 2.40 bits per heavy atom. The molecule has 3 aromatic carbocycles. The summed E-state index contributed by atoms with van der Waals surface area (Å²) in [5.74, 6) is -0.484. The summed E-state index contributed by atoms with van der Waals surface area (Å²) in [5, 5.41) is 3.69. The first-order chi connectivity index (χ1) is 11.8. The second-order valence-electron chi connectivity index (χ2n) is 5.33. The molecule has 0 spiro atoms. The van der Waals surface area contributed by atoms with Crippen LogP contribution in [0.25, 0.3) is 10.8 Å². The number of nitrogens with one attached hydrogen (secondary N) is 1. The first-order valence-electron chi connectivity index (χ1n) is 7.13. The van der Waals surface area contributed by atoms with Crippen molar-refractivity contribution in [3.05, 3.63) is 65.2 Å². The predicted molar refractivity (Wildman–Crippen MR) is 97.6 cm³/mol. The molecule has 0 aliphatic heterocycles. The van der Waals surface area contributed by atoms with E-state index in [9.17, 15) is 17.8 Å². The maximum Gasteiger partial charge on any atom is 0.295 e. The minimum atomic E-state index is -4.39. The van der Waals surface area contributed by atoms with Gasteiger partial charge in [0.1, 0.15) is 4.90 Å². The summed E-state index contributed by atoms with van der Waals surface area (Å²) in [6.45, 7) is 0. The Hall–Kier alpha value is -2.61. The highest BCUT2D eigenvalue weighted by Crippen LogP contribution is 2.30. The molecule has 0 saturated carbocycles. The van der Waals surface area contributed by atoms with Crippen LogP contribution in [0.5, 0.6) is 0 Å². The molecule has 3 aromatic rings. The zero-order valence-electron chi connectivity index (χ0n) is 12.7. The van der Waals surface area contributed by atoms with E-state index in [0.29, 0.717) is 22.1 Å². The minimum absolute atomic E-state index is 0.199. The van der Waals surface area contributed by atoms with Gasteiger partial charge < -0.3 is 11.1 Å². The van der Waals surface area contributed by atoms with Crippen molar-refractivity contribution >= 4 is 49.8 Å². The van der Waals surface area contributed by atoms with Crippen LogP contribution < -0.4 is 11.1 Å². The van der Waals surface area contributed by atoms with Crippen LogP contribution in [-0.2, 0) is 10.1 Å². The minimum Gasteiger partial charge on any atom is -0.399 e. The number of hydrogen-bond donors (Lipinski definition) is 3. The molecule has 128 valence electrons. The normalized spacial score (nSPS) is 11.4. The van der Waals surface area contributed by atoms with Gasteiger partial charge in [-0.3, -0.25) is 9.35 Å². The molecule has 3 rings (SSSR count). The van der Waals surface area contributed by atoms with Gasteiger partial charge in [0.05, 0.1) is 10.6 Å². The van der Waals surface area contributed by atoms with Crippen LogP contribution in [0.4, 0.5) is 11.4 Å². The standard InChI is InChI=1S/C17H13ClN2O4S/c18-14-6-5-10(19)9-13(14)17(21)20-15-7-8-16(25(22,23)24)12-4-2-1-3-11(12)15/h1-9H,19H2,(H,20,21)(H,22,23,24). The van der Waals surface area contributed by atoms with Crippen molar-refractivity contribution in [1.29, 1.82) is 0 Å². The molecule has 0 fully saturated rings. The highest BCUT2D eigenvalue weighted by molar-refractivity contribution is 7.86. The Balaban J connectivity index is 2.09. The molecule has 0 aromatic heterocycles. The van der Waals surface area contributed by atoms with Crippen LogP contribution in [0, 0.1) is 0 Å². The molecule has 8 heteroatoms. The van der Waals surface area contributed by atoms with Crippen molar-refractivity contribution in [3.63, 3.8) is 0 Å². The summed E-state index contributed by atoms with van der Waals surface area (Å²) in [6.07, 6.45) is 0. The van der Waals surface area contributed by atoms with Crippen molar-refractivity contribution in [2.75, 3.05) is 11.1 Å². The number of benzene rings is 3. The molecule has 0 unspecified atom stereocenters. The molecule has 4 N–H and O–H groups in total. The third kappa shape index (κ3) is 3.43. The predicted octanol–water partition coefficient (Wildman–Crippen LogP) is 3.57. The Labute approximate surface area is 149 Å². The Morgan fingerprint density at radius 2 is 1.72 bits per heavy atom. The lowest BCUT2D eigenvalue weighted by Crippen LogP contribution is -2.13. The van der Waals surface area contributed by atoms with Crippen LogP contribution in [-0.4, -0.2) is 18.9 Å². The summed E-state index contributed by atoms with van der Waals surface area (Å²) in [4.78, 5) is 12.3. The Bertz CT molecular complexity index is 1100. The topological polar surface area (TPSA) is 109 Å². The molecule has 0 atom stereocenters. The van der Waals surface area contributed by atoms with Crippen molar-refractivity contribution in [1.82, 2.24) is 0 Å². The smallest absolute Gasteiger partial charge is 0.295 e. The number of nitrogen functional groups attached to an aromatic ring is 1. The lowest BCUT2D eigenvalue weighted by Gasteiger charge is -2.12. The fraction of sp³-hybridized carbons (Fsp3) is 0. The third-order valence-electron chi connectivity index (χ3n) is 3.65. The SMILES string of the molecule is Nc1ccc(Cl)c(C(=O)Nc2ccc(S(=O)(=O)O)c3ccccc23)c1. The van der Waals surface area contributed by atoms with Crippen LogP contribution in [0.15, 0.2) is 59.5 Å². The van der Waals surface area contributed by atoms with E-state index in [0.717, 1.165) is 0 Å². The van der Waals surface area contributed by atoms with Gasteiger partial charge in [0.15, 0.2) is 0 Å². The maximum absolute atomic E-state index is 12.5. The first kappa shape index (κ1) is 17.2. The summed E-state index contributed by atoms with van der Waals surface area (Å²) < 4.78 is 32.4. The maximum atomic E-state index is 12.5. The average Bonchev–Trinajstić information content (AvgIpc) is 2.56. The van der Waals surface area contributed by atoms with Crippen molar-refractivity contribution in [2.24, 2.45) is 0 Å². The van der Waals surface area contributed by atoms with Gasteiger partial charge in [-0.25, -0.2) is 0 Å². The van der Waals surface area contributed by atoms with Gasteiger partial charge in [-0.1, -0.05) is 35.9 Å². The highest BCUT2D eigenvalue weighted by atomic mass is 35.5. The van der Waals surface area contributed by atoms with Crippen molar-refractivity contribution in [2.45, 2.75) is 4.90 Å². The second kappa shape index (κ2) is 6.36. The molecular weight excluding hydrogens is 364 g/mol. The monoisotopic (exact) mass is 376 g/mol. The number of rotatable bonds is 3. The van der Waals surface area contributed by atoms with Gasteiger partial charge in [-0.2, -0.15) is 8.42 Å². The average molecular weight is 377 g/mol. The lowest BCUT2D eigenvalue weighted by molar-refractivity contribution is 0.102. The fourth-order valence-corrected chi connectivity index (χ4v) is 3.41. The lowest BCUT2D eigenvalue weighted by atomic mass is 10.1. The molecular formula is C17H13ClN2O4S. The zero-order valence-corrected chi connectivity index (χ0v) is 14.3. The summed E-state index contributed by atoms with van der Waals surface area (Å²) in [6, 6.07) is 13.7. The number of carbonyl (C=O) groups is 1. The van der Waals surface area contributed by atoms with E-state index in [-0.39, 0.29) is 15.5 Å². The number of nitrogens with two attached hydrogens (primary N) is 1. The van der Waals surface area contributed by atoms with Gasteiger partial charge >= 0.3 is 0 Å². The van der Waals surface area contributed by atoms with Crippen molar-refractivity contribution in [3.8, 4) is 0 Å². The number of carbonyl (C=O) groups excluding carboxylic acids is 1. The number of fused-ring (bicyclic) bond motifs is 1. The number of amides is 1. The largest absolute Gasteiger partial charge is 0.399 e. The van der Waals surface area contributed by atoms with E-state index >= 15 is 0 Å². The third-order valence-corrected chi connectivity index (χ3v) is 4.89. The van der Waals surface area contributed by atoms with Gasteiger partial charge in [0.25, 0.3) is 16.0 Å². The molecule has 0 saturated heterocycles. The molecule has 0 radical (unpaired) electrons. The van der Waals surface area contributed by atoms with Crippen LogP contribution in [0.2, 0.25) is 5.02 Å². The van der Waals surface area contributed by atoms with Crippen molar-refractivity contribution < 1.29 is 17.8 Å². The summed E-state index contributed by atoms with van der Waals surface area (Å²) in [5.41, 5.74) is 6.65. The fourth-order valence-electron chi connectivity index (χ4n) is 2.51. The molecule has 25 heavy (non-hydrogen) atoms. The Morgan fingerprint density at radius 1 is 1.04 bits per heavy atom. The van der Waals surface area contributed by atoms with Gasteiger partial charge in [-0.05, 0) is 30.3 Å². The highest BCUT2D eigenvalue weighted by Gasteiger charge is 2.17. The molecule has 0 heterocycles. The molecule has 0 aliphatic rings. The van der Waals surface area contributed by atoms with Crippen LogP contribution in [0.3, 0.4) is 0 Å². The van der Waals surface area contributed by atoms with E-state index in [1.165, 1.54) is 24.3 Å². The summed E-state index contributed by atoms with van der Waals surface area (Å²) >= 11 is 6.03. The number of anilines is 2. The second-order valence-corrected chi connectivity index (χ2v) is 7.12. The molecule has 6 nitrogen and oxygen atoms in total. The summed E-state index contributed by atoms with van der Waals surface area (Å²) in [7, 11) is -4.39. The van der Waals surface area contributed by atoms with Crippen LogP contribution in [0.1, 0.15) is 10.4 Å². The Kier molecular flexibility index (Phi) is 4.38. The molecule has 0 bridgehead atoms. The number of halogens is 1. The first-order valence-corrected chi connectivity index (χ1v) is 8.95. The quantitative estimate of drug-likeness (QED) is 0.478. The molecule has 0 aliphatic carbocycles. The van der Waals surface area contributed by atoms with E-state index in [1.54, 1.807) is 30.3 Å². The molecule has 1 amide bonds. The van der Waals surface area contributed by atoms with Gasteiger partial charge in [0, 0.05) is 22.1 Å².